The Hall–Kier alpha value is -2.04. The van der Waals surface area contributed by atoms with Crippen LogP contribution in [0.4, 0.5) is 4.79 Å². The van der Waals surface area contributed by atoms with E-state index >= 15 is 0 Å². The largest absolute Gasteiger partial charge is 0.478 e. The van der Waals surface area contributed by atoms with Crippen molar-refractivity contribution in [3.8, 4) is 0 Å². The molecule has 0 bridgehead atoms. The Bertz CT molecular complexity index is 347. The van der Waals surface area contributed by atoms with E-state index in [0.717, 1.165) is 6.42 Å². The summed E-state index contributed by atoms with van der Waals surface area (Å²) >= 11 is 0. The van der Waals surface area contributed by atoms with Crippen LogP contribution in [-0.4, -0.2) is 29.8 Å². The van der Waals surface area contributed by atoms with Crippen molar-refractivity contribution in [2.75, 3.05) is 7.05 Å². The molecule has 23 heavy (non-hydrogen) atoms. The zero-order valence-corrected chi connectivity index (χ0v) is 16.0. The van der Waals surface area contributed by atoms with Crippen LogP contribution in [-0.2, 0) is 9.53 Å². The van der Waals surface area contributed by atoms with Crippen LogP contribution in [0.25, 0.3) is 0 Å². The van der Waals surface area contributed by atoms with Gasteiger partial charge in [0.25, 0.3) is 0 Å². The molecule has 0 aliphatic heterocycles. The minimum Gasteiger partial charge on any atom is -0.478 e. The highest BCUT2D eigenvalue weighted by Gasteiger charge is 2.13. The van der Waals surface area contributed by atoms with Crippen molar-refractivity contribution < 1.29 is 19.4 Å². The second-order valence-corrected chi connectivity index (χ2v) is 4.82. The highest BCUT2D eigenvalue weighted by atomic mass is 16.6. The second kappa shape index (κ2) is 20.0. The van der Waals surface area contributed by atoms with E-state index in [9.17, 15) is 9.59 Å². The standard InChI is InChI=1S/C6H13NO2.C6H10O2.C4H6.C2H6/c1-6(2,3)9-5(8)7-4;1-3-4-5(2)6(7)8;1-3-4-2;1-2/h1-4H3,(H,7,8);4H,3H2,1-2H3,(H,7,8);3-4H,1-2H2;1-2H3/b;5-4+;;. The minimum absolute atomic E-state index is 0.387. The molecule has 0 rings (SSSR count). The number of hydrogen-bond donors (Lipinski definition) is 2. The summed E-state index contributed by atoms with van der Waals surface area (Å²) in [5.41, 5.74) is 0.0348. The number of alkyl carbamates (subject to hydrolysis) is 1. The summed E-state index contributed by atoms with van der Waals surface area (Å²) in [5.74, 6) is -0.827. The molecule has 0 aromatic heterocycles. The number of rotatable bonds is 3. The van der Waals surface area contributed by atoms with E-state index in [4.69, 9.17) is 9.84 Å². The number of aliphatic carboxylic acids is 1. The van der Waals surface area contributed by atoms with Crippen molar-refractivity contribution in [1.29, 1.82) is 0 Å². The number of nitrogens with one attached hydrogen (secondary N) is 1. The average Bonchev–Trinajstić information content (AvgIpc) is 2.48. The van der Waals surface area contributed by atoms with Gasteiger partial charge in [-0.05, 0) is 34.1 Å². The van der Waals surface area contributed by atoms with E-state index in [1.54, 1.807) is 25.2 Å². The van der Waals surface area contributed by atoms with Crippen molar-refractivity contribution >= 4 is 12.1 Å². The fourth-order valence-electron chi connectivity index (χ4n) is 0.723. The quantitative estimate of drug-likeness (QED) is 0.567. The first-order valence-corrected chi connectivity index (χ1v) is 7.59. The fourth-order valence-corrected chi connectivity index (χ4v) is 0.723. The molecule has 0 unspecified atom stereocenters. The molecule has 0 radical (unpaired) electrons. The van der Waals surface area contributed by atoms with Crippen LogP contribution in [0.15, 0.2) is 37.0 Å². The molecule has 0 aliphatic carbocycles. The molecule has 0 saturated carbocycles. The molecule has 136 valence electrons. The summed E-state index contributed by atoms with van der Waals surface area (Å²) < 4.78 is 4.84. The first-order chi connectivity index (χ1) is 10.5. The van der Waals surface area contributed by atoms with Crippen LogP contribution in [0.5, 0.6) is 0 Å². The van der Waals surface area contributed by atoms with Gasteiger partial charge in [-0.2, -0.15) is 0 Å². The van der Waals surface area contributed by atoms with Gasteiger partial charge in [-0.15, -0.1) is 0 Å². The molecule has 0 atom stereocenters. The van der Waals surface area contributed by atoms with E-state index in [0.29, 0.717) is 5.57 Å². The topological polar surface area (TPSA) is 75.6 Å². The lowest BCUT2D eigenvalue weighted by molar-refractivity contribution is -0.132. The lowest BCUT2D eigenvalue weighted by atomic mass is 10.2. The smallest absolute Gasteiger partial charge is 0.407 e. The first kappa shape index (κ1) is 29.0. The van der Waals surface area contributed by atoms with Crippen LogP contribution < -0.4 is 5.32 Å². The maximum absolute atomic E-state index is 10.5. The van der Waals surface area contributed by atoms with Crippen molar-refractivity contribution in [2.24, 2.45) is 0 Å². The highest BCUT2D eigenvalue weighted by Crippen LogP contribution is 2.05. The Morgan fingerprint density at radius 2 is 1.57 bits per heavy atom. The van der Waals surface area contributed by atoms with Crippen molar-refractivity contribution in [1.82, 2.24) is 5.32 Å². The zero-order chi connectivity index (χ0) is 19.5. The zero-order valence-electron chi connectivity index (χ0n) is 16.0. The molecule has 5 nitrogen and oxygen atoms in total. The summed E-state index contributed by atoms with van der Waals surface area (Å²) in [7, 11) is 1.54. The van der Waals surface area contributed by atoms with Gasteiger partial charge in [-0.3, -0.25) is 0 Å². The van der Waals surface area contributed by atoms with E-state index in [2.05, 4.69) is 18.5 Å². The molecule has 0 spiro atoms. The number of amides is 1. The van der Waals surface area contributed by atoms with E-state index < -0.39 is 5.97 Å². The predicted octanol–water partition coefficient (Wildman–Crippen LogP) is 4.95. The van der Waals surface area contributed by atoms with Gasteiger partial charge in [0.15, 0.2) is 0 Å². The van der Waals surface area contributed by atoms with Gasteiger partial charge >= 0.3 is 12.1 Å². The monoisotopic (exact) mass is 329 g/mol. The number of ether oxygens (including phenoxy) is 1. The second-order valence-electron chi connectivity index (χ2n) is 4.82. The van der Waals surface area contributed by atoms with Crippen molar-refractivity contribution in [2.45, 2.75) is 60.5 Å². The lowest BCUT2D eigenvalue weighted by Gasteiger charge is -2.18. The van der Waals surface area contributed by atoms with Crippen LogP contribution in [0, 0.1) is 0 Å². The molecule has 1 amide bonds. The third kappa shape index (κ3) is 38.3. The molecule has 0 aromatic carbocycles. The molecule has 5 heteroatoms. The molecule has 0 aromatic rings. The first-order valence-electron chi connectivity index (χ1n) is 7.59. The minimum atomic E-state index is -0.827. The molecule has 0 aliphatic rings. The van der Waals surface area contributed by atoms with Crippen molar-refractivity contribution in [3.05, 3.63) is 37.0 Å². The van der Waals surface area contributed by atoms with E-state index in [1.165, 1.54) is 7.05 Å². The maximum Gasteiger partial charge on any atom is 0.407 e. The fraction of sp³-hybridized carbons (Fsp3) is 0.556. The summed E-state index contributed by atoms with van der Waals surface area (Å²) in [4.78, 5) is 20.5. The maximum atomic E-state index is 10.5. The third-order valence-corrected chi connectivity index (χ3v) is 1.62. The van der Waals surface area contributed by atoms with Crippen molar-refractivity contribution in [3.63, 3.8) is 0 Å². The number of carboxylic acids is 1. The van der Waals surface area contributed by atoms with Crippen LogP contribution >= 0.6 is 0 Å². The van der Waals surface area contributed by atoms with Gasteiger partial charge in [0.2, 0.25) is 0 Å². The summed E-state index contributed by atoms with van der Waals surface area (Å²) in [5, 5.41) is 10.6. The van der Waals surface area contributed by atoms with E-state index in [-0.39, 0.29) is 11.7 Å². The molecule has 0 heterocycles. The van der Waals surface area contributed by atoms with Crippen LogP contribution in [0.3, 0.4) is 0 Å². The van der Waals surface area contributed by atoms with Gasteiger partial charge in [-0.1, -0.05) is 52.2 Å². The Morgan fingerprint density at radius 3 is 1.65 bits per heavy atom. The Labute approximate surface area is 142 Å². The number of carbonyl (C=O) groups excluding carboxylic acids is 1. The molecule has 0 saturated heterocycles. The molecule has 2 N–H and O–H groups in total. The third-order valence-electron chi connectivity index (χ3n) is 1.62. The number of carboxylic acid groups (broad SMARTS) is 1. The van der Waals surface area contributed by atoms with Gasteiger partial charge in [-0.25, -0.2) is 9.59 Å². The molecular weight excluding hydrogens is 294 g/mol. The highest BCUT2D eigenvalue weighted by molar-refractivity contribution is 5.85. The lowest BCUT2D eigenvalue weighted by Crippen LogP contribution is -2.30. The van der Waals surface area contributed by atoms with Gasteiger partial charge in [0.05, 0.1) is 0 Å². The summed E-state index contributed by atoms with van der Waals surface area (Å²) in [6.07, 6.45) is 5.36. The Balaban J connectivity index is -0.000000118. The van der Waals surface area contributed by atoms with Crippen LogP contribution in [0.2, 0.25) is 0 Å². The molecule has 0 fully saturated rings. The Kier molecular flexibility index (Phi) is 25.2. The van der Waals surface area contributed by atoms with Crippen LogP contribution in [0.1, 0.15) is 54.9 Å². The number of carbonyl (C=O) groups is 2. The van der Waals surface area contributed by atoms with E-state index in [1.807, 2.05) is 41.5 Å². The normalized spacial score (nSPS) is 9.30. The van der Waals surface area contributed by atoms with Gasteiger partial charge < -0.3 is 15.2 Å². The number of hydrogen-bond acceptors (Lipinski definition) is 3. The summed E-state index contributed by atoms with van der Waals surface area (Å²) in [6, 6.07) is 0. The SMILES string of the molecule is C=CC=C.CC.CC/C=C(\C)C(=O)O.CNC(=O)OC(C)(C)C. The predicted molar refractivity (Wildman–Crippen MR) is 98.7 cm³/mol. The average molecular weight is 329 g/mol. The van der Waals surface area contributed by atoms with Gasteiger partial charge in [0.1, 0.15) is 5.60 Å². The molecular formula is C18H35NO4. The summed E-state index contributed by atoms with van der Waals surface area (Å²) in [6.45, 7) is 19.7. The number of allylic oxidation sites excluding steroid dienone is 3. The van der Waals surface area contributed by atoms with Gasteiger partial charge in [0, 0.05) is 12.6 Å². The Morgan fingerprint density at radius 1 is 1.17 bits per heavy atom.